The fourth-order valence-electron chi connectivity index (χ4n) is 6.98. The standard InChI is InChI=1S/C39H75NO11/c1-2-3-4-5-6-7-8-9-10-11-12-14-20-32(42)35(44)31(29-50-39-38(47)37(46)36(45)33(28-41)51-39)40-34(43)21-15-13-17-24-48-25-18-16-19-30-22-26-49-27-23-30/h30-33,35-39,41-42,44-47H,2-29H2,1H3,(H,40,43)/t31-,32+,33?,35-,36?,37?,38?,39?/m0/s1. The number of carbonyl (C=O) groups is 1. The van der Waals surface area contributed by atoms with Crippen LogP contribution in [0.1, 0.15) is 148 Å². The number of hydrogen-bond acceptors (Lipinski definition) is 11. The van der Waals surface area contributed by atoms with E-state index in [9.17, 15) is 35.4 Å². The highest BCUT2D eigenvalue weighted by Crippen LogP contribution is 2.23. The number of carbonyl (C=O) groups excluding carboxylic acids is 1. The van der Waals surface area contributed by atoms with E-state index in [0.717, 1.165) is 70.7 Å². The predicted molar refractivity (Wildman–Crippen MR) is 196 cm³/mol. The van der Waals surface area contributed by atoms with Crippen LogP contribution in [-0.2, 0) is 23.7 Å². The Kier molecular flexibility index (Phi) is 26.7. The molecule has 1 amide bonds. The molecule has 0 saturated carbocycles. The first kappa shape index (κ1) is 46.2. The molecule has 7 N–H and O–H groups in total. The van der Waals surface area contributed by atoms with Crippen molar-refractivity contribution in [2.75, 3.05) is 39.6 Å². The Balaban J connectivity index is 1.70. The van der Waals surface area contributed by atoms with Crippen LogP contribution in [-0.4, -0.2) is 125 Å². The zero-order valence-electron chi connectivity index (χ0n) is 31.7. The molecule has 2 heterocycles. The first-order valence-electron chi connectivity index (χ1n) is 20.5. The lowest BCUT2D eigenvalue weighted by molar-refractivity contribution is -0.303. The minimum atomic E-state index is -1.61. The van der Waals surface area contributed by atoms with Crippen LogP contribution in [0, 0.1) is 5.92 Å². The molecule has 0 aromatic rings. The third-order valence-electron chi connectivity index (χ3n) is 10.5. The molecule has 12 nitrogen and oxygen atoms in total. The monoisotopic (exact) mass is 734 g/mol. The molecule has 2 fully saturated rings. The van der Waals surface area contributed by atoms with E-state index in [-0.39, 0.29) is 18.9 Å². The van der Waals surface area contributed by atoms with Crippen LogP contribution in [0.5, 0.6) is 0 Å². The van der Waals surface area contributed by atoms with Crippen molar-refractivity contribution in [3.63, 3.8) is 0 Å². The van der Waals surface area contributed by atoms with Gasteiger partial charge in [-0.15, -0.1) is 0 Å². The number of rotatable bonds is 31. The number of hydrogen-bond donors (Lipinski definition) is 7. The second-order valence-corrected chi connectivity index (χ2v) is 14.9. The zero-order chi connectivity index (χ0) is 37.1. The average Bonchev–Trinajstić information content (AvgIpc) is 3.14. The summed E-state index contributed by atoms with van der Waals surface area (Å²) in [5.74, 6) is 0.482. The maximum atomic E-state index is 12.9. The summed E-state index contributed by atoms with van der Waals surface area (Å²) >= 11 is 0. The molecule has 0 radical (unpaired) electrons. The third-order valence-corrected chi connectivity index (χ3v) is 10.5. The Bertz CT molecular complexity index is 831. The van der Waals surface area contributed by atoms with Crippen molar-refractivity contribution in [1.29, 1.82) is 0 Å². The highest BCUT2D eigenvalue weighted by Gasteiger charge is 2.44. The molecule has 2 aliphatic rings. The van der Waals surface area contributed by atoms with Crippen LogP contribution in [0.15, 0.2) is 0 Å². The average molecular weight is 734 g/mol. The van der Waals surface area contributed by atoms with Crippen molar-refractivity contribution in [3.8, 4) is 0 Å². The van der Waals surface area contributed by atoms with Crippen LogP contribution < -0.4 is 5.32 Å². The zero-order valence-corrected chi connectivity index (χ0v) is 31.7. The third kappa shape index (κ3) is 20.4. The van der Waals surface area contributed by atoms with Crippen molar-refractivity contribution in [2.24, 2.45) is 5.92 Å². The number of aliphatic hydroxyl groups excluding tert-OH is 6. The Morgan fingerprint density at radius 1 is 0.765 bits per heavy atom. The quantitative estimate of drug-likeness (QED) is 0.0505. The number of unbranched alkanes of at least 4 members (excludes halogenated alkanes) is 14. The molecule has 0 aromatic heterocycles. The second-order valence-electron chi connectivity index (χ2n) is 14.9. The molecular formula is C39H75NO11. The van der Waals surface area contributed by atoms with Crippen molar-refractivity contribution < 1.29 is 54.4 Å². The highest BCUT2D eigenvalue weighted by atomic mass is 16.7. The van der Waals surface area contributed by atoms with Gasteiger partial charge in [0.05, 0.1) is 25.4 Å². The van der Waals surface area contributed by atoms with Crippen molar-refractivity contribution in [2.45, 2.75) is 197 Å². The van der Waals surface area contributed by atoms with Gasteiger partial charge in [-0.1, -0.05) is 103 Å². The van der Waals surface area contributed by atoms with Crippen molar-refractivity contribution in [1.82, 2.24) is 5.32 Å². The number of ether oxygens (including phenoxy) is 4. The van der Waals surface area contributed by atoms with Crippen LogP contribution in [0.25, 0.3) is 0 Å². The SMILES string of the molecule is CCCCCCCCCCCCCC[C@@H](O)[C@@H](O)[C@H](COC1OC(CO)C(O)C(O)C1O)NC(=O)CCCCCOCCCCC1CCOCC1. The molecule has 51 heavy (non-hydrogen) atoms. The fourth-order valence-corrected chi connectivity index (χ4v) is 6.98. The normalized spacial score (nSPS) is 24.7. The van der Waals surface area contributed by atoms with E-state index in [1.54, 1.807) is 0 Å². The maximum absolute atomic E-state index is 12.9. The van der Waals surface area contributed by atoms with Gasteiger partial charge in [-0.25, -0.2) is 0 Å². The molecule has 0 aliphatic carbocycles. The number of amides is 1. The number of aliphatic hydroxyl groups is 6. The molecule has 2 aliphatic heterocycles. The lowest BCUT2D eigenvalue weighted by Crippen LogP contribution is -2.60. The molecular weight excluding hydrogens is 658 g/mol. The van der Waals surface area contributed by atoms with E-state index in [1.807, 2.05) is 0 Å². The predicted octanol–water partition coefficient (Wildman–Crippen LogP) is 4.27. The summed E-state index contributed by atoms with van der Waals surface area (Å²) in [5, 5.41) is 64.9. The van der Waals surface area contributed by atoms with Crippen LogP contribution in [0.2, 0.25) is 0 Å². The summed E-state index contributed by atoms with van der Waals surface area (Å²) in [5.41, 5.74) is 0. The molecule has 2 saturated heterocycles. The van der Waals surface area contributed by atoms with Gasteiger partial charge in [0.25, 0.3) is 0 Å². The smallest absolute Gasteiger partial charge is 0.220 e. The molecule has 0 spiro atoms. The Labute approximate surface area is 308 Å². The van der Waals surface area contributed by atoms with Gasteiger partial charge in [-0.2, -0.15) is 0 Å². The van der Waals surface area contributed by atoms with E-state index < -0.39 is 55.6 Å². The lowest BCUT2D eigenvalue weighted by atomic mass is 9.94. The van der Waals surface area contributed by atoms with E-state index in [4.69, 9.17) is 18.9 Å². The van der Waals surface area contributed by atoms with Crippen LogP contribution >= 0.6 is 0 Å². The van der Waals surface area contributed by atoms with E-state index in [0.29, 0.717) is 19.4 Å². The van der Waals surface area contributed by atoms with Gasteiger partial charge in [-0.3, -0.25) is 4.79 Å². The Hall–Kier alpha value is -0.930. The van der Waals surface area contributed by atoms with E-state index in [1.165, 1.54) is 77.0 Å². The van der Waals surface area contributed by atoms with Crippen molar-refractivity contribution in [3.05, 3.63) is 0 Å². The summed E-state index contributed by atoms with van der Waals surface area (Å²) in [6.07, 6.45) is 13.2. The lowest BCUT2D eigenvalue weighted by Gasteiger charge is -2.40. The topological polar surface area (TPSA) is 187 Å². The van der Waals surface area contributed by atoms with Gasteiger partial charge < -0.3 is 54.9 Å². The Morgan fingerprint density at radius 3 is 1.98 bits per heavy atom. The van der Waals surface area contributed by atoms with Crippen molar-refractivity contribution >= 4 is 5.91 Å². The summed E-state index contributed by atoms with van der Waals surface area (Å²) < 4.78 is 22.3. The minimum absolute atomic E-state index is 0.225. The van der Waals surface area contributed by atoms with Gasteiger partial charge in [0.1, 0.15) is 30.5 Å². The Morgan fingerprint density at radius 2 is 1.35 bits per heavy atom. The number of nitrogens with one attached hydrogen (secondary N) is 1. The van der Waals surface area contributed by atoms with Gasteiger partial charge in [-0.05, 0) is 44.4 Å². The highest BCUT2D eigenvalue weighted by molar-refractivity contribution is 5.76. The van der Waals surface area contributed by atoms with Gasteiger partial charge in [0.15, 0.2) is 6.29 Å². The summed E-state index contributed by atoms with van der Waals surface area (Å²) in [6.45, 7) is 4.48. The largest absolute Gasteiger partial charge is 0.394 e. The summed E-state index contributed by atoms with van der Waals surface area (Å²) in [4.78, 5) is 12.9. The first-order chi connectivity index (χ1) is 24.8. The van der Waals surface area contributed by atoms with E-state index in [2.05, 4.69) is 12.2 Å². The molecule has 0 bridgehead atoms. The first-order valence-corrected chi connectivity index (χ1v) is 20.5. The second kappa shape index (κ2) is 29.4. The van der Waals surface area contributed by atoms with Gasteiger partial charge in [0, 0.05) is 32.8 Å². The van der Waals surface area contributed by atoms with Crippen LogP contribution in [0.3, 0.4) is 0 Å². The molecule has 5 unspecified atom stereocenters. The van der Waals surface area contributed by atoms with E-state index >= 15 is 0 Å². The minimum Gasteiger partial charge on any atom is -0.394 e. The summed E-state index contributed by atoms with van der Waals surface area (Å²) in [7, 11) is 0. The molecule has 0 aromatic carbocycles. The molecule has 302 valence electrons. The molecule has 12 heteroatoms. The fraction of sp³-hybridized carbons (Fsp3) is 0.974. The maximum Gasteiger partial charge on any atom is 0.220 e. The van der Waals surface area contributed by atoms with Crippen LogP contribution in [0.4, 0.5) is 0 Å². The van der Waals surface area contributed by atoms with Gasteiger partial charge in [0.2, 0.25) is 5.91 Å². The van der Waals surface area contributed by atoms with Gasteiger partial charge >= 0.3 is 0 Å². The molecule has 8 atom stereocenters. The summed E-state index contributed by atoms with van der Waals surface area (Å²) in [6, 6.07) is -1.01. The molecule has 2 rings (SSSR count).